The van der Waals surface area contributed by atoms with E-state index in [2.05, 4.69) is 5.32 Å². The van der Waals surface area contributed by atoms with Gasteiger partial charge in [-0.1, -0.05) is 11.6 Å². The van der Waals surface area contributed by atoms with Gasteiger partial charge in [-0.15, -0.1) is 0 Å². The normalized spacial score (nSPS) is 20.5. The van der Waals surface area contributed by atoms with E-state index in [0.717, 1.165) is 41.2 Å². The van der Waals surface area contributed by atoms with Crippen molar-refractivity contribution < 1.29 is 5.11 Å². The van der Waals surface area contributed by atoms with Crippen LogP contribution in [0.5, 0.6) is 5.75 Å². The molecule has 0 aromatic heterocycles. The molecule has 0 spiro atoms. The number of benzene rings is 1. The summed E-state index contributed by atoms with van der Waals surface area (Å²) in [4.78, 5) is 0. The number of hydrogen-bond acceptors (Lipinski definition) is 2. The molecule has 1 unspecified atom stereocenters. The summed E-state index contributed by atoms with van der Waals surface area (Å²) in [7, 11) is 0. The third kappa shape index (κ3) is 2.75. The number of nitrogens with one attached hydrogen (secondary N) is 1. The summed E-state index contributed by atoms with van der Waals surface area (Å²) in [5, 5.41) is 14.2. The minimum absolute atomic E-state index is 0.396. The van der Waals surface area contributed by atoms with Crippen molar-refractivity contribution >= 4 is 11.6 Å². The van der Waals surface area contributed by atoms with Crippen LogP contribution in [-0.4, -0.2) is 18.2 Å². The smallest absolute Gasteiger partial charge is 0.121 e. The highest BCUT2D eigenvalue weighted by Crippen LogP contribution is 2.33. The van der Waals surface area contributed by atoms with Gasteiger partial charge in [-0.2, -0.15) is 0 Å². The van der Waals surface area contributed by atoms with Gasteiger partial charge in [-0.3, -0.25) is 0 Å². The van der Waals surface area contributed by atoms with Gasteiger partial charge in [0.05, 0.1) is 0 Å². The molecule has 0 saturated carbocycles. The molecule has 1 aromatic carbocycles. The van der Waals surface area contributed by atoms with Crippen LogP contribution >= 0.6 is 11.6 Å². The average molecular weight is 254 g/mol. The van der Waals surface area contributed by atoms with Crippen molar-refractivity contribution in [1.29, 1.82) is 0 Å². The van der Waals surface area contributed by atoms with Crippen molar-refractivity contribution in [2.24, 2.45) is 5.92 Å². The van der Waals surface area contributed by atoms with Crippen LogP contribution < -0.4 is 5.32 Å². The lowest BCUT2D eigenvalue weighted by Crippen LogP contribution is -2.31. The molecule has 0 aliphatic carbocycles. The molecule has 1 aromatic rings. The predicted octanol–water partition coefficient (Wildman–Crippen LogP) is 3.20. The molecule has 1 aliphatic rings. The van der Waals surface area contributed by atoms with E-state index < -0.39 is 0 Å². The zero-order valence-corrected chi connectivity index (χ0v) is 11.3. The molecule has 2 rings (SSSR count). The standard InChI is InChI=1S/C14H20ClNO/c1-9-6-13(15)12(10(2)14(9)17)7-11-4-3-5-16-8-11/h6,11,16-17H,3-5,7-8H2,1-2H3. The van der Waals surface area contributed by atoms with E-state index >= 15 is 0 Å². The number of aryl methyl sites for hydroxylation is 1. The lowest BCUT2D eigenvalue weighted by atomic mass is 9.89. The molecule has 1 fully saturated rings. The Morgan fingerprint density at radius 2 is 2.24 bits per heavy atom. The van der Waals surface area contributed by atoms with E-state index in [4.69, 9.17) is 11.6 Å². The highest BCUT2D eigenvalue weighted by molar-refractivity contribution is 6.31. The third-order valence-electron chi connectivity index (χ3n) is 3.70. The van der Waals surface area contributed by atoms with Gasteiger partial charge in [-0.05, 0) is 74.9 Å². The Morgan fingerprint density at radius 1 is 1.47 bits per heavy atom. The maximum Gasteiger partial charge on any atom is 0.121 e. The number of rotatable bonds is 2. The molecule has 1 heterocycles. The molecule has 94 valence electrons. The van der Waals surface area contributed by atoms with Crippen LogP contribution in [0.25, 0.3) is 0 Å². The highest BCUT2D eigenvalue weighted by Gasteiger charge is 2.18. The fraction of sp³-hybridized carbons (Fsp3) is 0.571. The lowest BCUT2D eigenvalue weighted by Gasteiger charge is -2.24. The number of phenolic OH excluding ortho intramolecular Hbond substituents is 1. The highest BCUT2D eigenvalue weighted by atomic mass is 35.5. The quantitative estimate of drug-likeness (QED) is 0.848. The van der Waals surface area contributed by atoms with Crippen LogP contribution in [0.1, 0.15) is 29.5 Å². The van der Waals surface area contributed by atoms with E-state index in [1.807, 2.05) is 19.9 Å². The second-order valence-corrected chi connectivity index (χ2v) is 5.45. The Balaban J connectivity index is 2.22. The summed E-state index contributed by atoms with van der Waals surface area (Å²) < 4.78 is 0. The third-order valence-corrected chi connectivity index (χ3v) is 4.04. The number of phenols is 1. The van der Waals surface area contributed by atoms with E-state index in [1.54, 1.807) is 0 Å². The number of aromatic hydroxyl groups is 1. The molecule has 0 bridgehead atoms. The molecule has 17 heavy (non-hydrogen) atoms. The molecule has 0 amide bonds. The average Bonchev–Trinajstić information content (AvgIpc) is 2.33. The topological polar surface area (TPSA) is 32.3 Å². The second kappa shape index (κ2) is 5.28. The molecule has 3 heteroatoms. The second-order valence-electron chi connectivity index (χ2n) is 5.04. The van der Waals surface area contributed by atoms with Crippen molar-refractivity contribution in [3.63, 3.8) is 0 Å². The molecule has 1 atom stereocenters. The zero-order valence-electron chi connectivity index (χ0n) is 10.5. The lowest BCUT2D eigenvalue weighted by molar-refractivity contribution is 0.375. The fourth-order valence-corrected chi connectivity index (χ4v) is 2.98. The van der Waals surface area contributed by atoms with Gasteiger partial charge >= 0.3 is 0 Å². The summed E-state index contributed by atoms with van der Waals surface area (Å²) in [6.07, 6.45) is 3.45. The first-order valence-electron chi connectivity index (χ1n) is 6.28. The van der Waals surface area contributed by atoms with Crippen LogP contribution in [-0.2, 0) is 6.42 Å². The Labute approximate surface area is 108 Å². The van der Waals surface area contributed by atoms with Gasteiger partial charge in [-0.25, -0.2) is 0 Å². The summed E-state index contributed by atoms with van der Waals surface area (Å²) in [5.41, 5.74) is 2.92. The Morgan fingerprint density at radius 3 is 2.88 bits per heavy atom. The molecule has 1 saturated heterocycles. The Hall–Kier alpha value is -0.730. The summed E-state index contributed by atoms with van der Waals surface area (Å²) in [6.45, 7) is 6.03. The van der Waals surface area contributed by atoms with Crippen molar-refractivity contribution in [1.82, 2.24) is 5.32 Å². The molecule has 2 nitrogen and oxygen atoms in total. The van der Waals surface area contributed by atoms with Crippen molar-refractivity contribution in [2.75, 3.05) is 13.1 Å². The largest absolute Gasteiger partial charge is 0.507 e. The molecule has 2 N–H and O–H groups in total. The van der Waals surface area contributed by atoms with Crippen molar-refractivity contribution in [3.05, 3.63) is 27.8 Å². The predicted molar refractivity (Wildman–Crippen MR) is 71.9 cm³/mol. The fourth-order valence-electron chi connectivity index (χ4n) is 2.60. The van der Waals surface area contributed by atoms with Gasteiger partial charge < -0.3 is 10.4 Å². The molecular weight excluding hydrogens is 234 g/mol. The maximum atomic E-state index is 9.97. The van der Waals surface area contributed by atoms with E-state index in [1.165, 1.54) is 12.8 Å². The van der Waals surface area contributed by atoms with Gasteiger partial charge in [0.15, 0.2) is 0 Å². The number of piperidine rings is 1. The first-order valence-corrected chi connectivity index (χ1v) is 6.65. The van der Waals surface area contributed by atoms with E-state index in [-0.39, 0.29) is 0 Å². The van der Waals surface area contributed by atoms with Crippen molar-refractivity contribution in [2.45, 2.75) is 33.1 Å². The van der Waals surface area contributed by atoms with E-state index in [9.17, 15) is 5.11 Å². The number of hydrogen-bond donors (Lipinski definition) is 2. The maximum absolute atomic E-state index is 9.97. The van der Waals surface area contributed by atoms with Crippen LogP contribution in [0, 0.1) is 19.8 Å². The minimum atomic E-state index is 0.396. The monoisotopic (exact) mass is 253 g/mol. The Kier molecular flexibility index (Phi) is 3.95. The molecular formula is C14H20ClNO. The van der Waals surface area contributed by atoms with Gasteiger partial charge in [0.1, 0.15) is 5.75 Å². The SMILES string of the molecule is Cc1cc(Cl)c(CC2CCCNC2)c(C)c1O. The van der Waals surface area contributed by atoms with Crippen LogP contribution in [0.15, 0.2) is 6.07 Å². The van der Waals surface area contributed by atoms with Gasteiger partial charge in [0.2, 0.25) is 0 Å². The van der Waals surface area contributed by atoms with Crippen LogP contribution in [0.2, 0.25) is 5.02 Å². The number of halogens is 1. The van der Waals surface area contributed by atoms with Crippen molar-refractivity contribution in [3.8, 4) is 5.75 Å². The minimum Gasteiger partial charge on any atom is -0.507 e. The van der Waals surface area contributed by atoms with Crippen LogP contribution in [0.3, 0.4) is 0 Å². The van der Waals surface area contributed by atoms with Crippen LogP contribution in [0.4, 0.5) is 0 Å². The van der Waals surface area contributed by atoms with E-state index in [0.29, 0.717) is 11.7 Å². The van der Waals surface area contributed by atoms with Gasteiger partial charge in [0.25, 0.3) is 0 Å². The molecule has 0 radical (unpaired) electrons. The van der Waals surface area contributed by atoms with Gasteiger partial charge in [0, 0.05) is 5.02 Å². The Bertz CT molecular complexity index is 411. The summed E-state index contributed by atoms with van der Waals surface area (Å²) in [6, 6.07) is 1.87. The summed E-state index contributed by atoms with van der Waals surface area (Å²) >= 11 is 6.29. The zero-order chi connectivity index (χ0) is 12.4. The summed E-state index contributed by atoms with van der Waals surface area (Å²) in [5.74, 6) is 1.04. The molecule has 1 aliphatic heterocycles. The first kappa shape index (κ1) is 12.7. The first-order chi connectivity index (χ1) is 8.09.